The maximum absolute atomic E-state index is 13.2. The summed E-state index contributed by atoms with van der Waals surface area (Å²) >= 11 is 1.65. The molecule has 0 aromatic heterocycles. The van der Waals surface area contributed by atoms with Gasteiger partial charge >= 0.3 is 0 Å². The highest BCUT2D eigenvalue weighted by Gasteiger charge is 2.28. The maximum Gasteiger partial charge on any atom is 0.264 e. The van der Waals surface area contributed by atoms with Crippen molar-refractivity contribution in [2.75, 3.05) is 29.4 Å². The molecule has 1 heterocycles. The van der Waals surface area contributed by atoms with E-state index in [2.05, 4.69) is 0 Å². The second-order valence-electron chi connectivity index (χ2n) is 6.59. The zero-order valence-electron chi connectivity index (χ0n) is 16.4. The van der Waals surface area contributed by atoms with Crippen LogP contribution in [0.25, 0.3) is 0 Å². The van der Waals surface area contributed by atoms with Crippen LogP contribution >= 0.6 is 11.8 Å². The highest BCUT2D eigenvalue weighted by Crippen LogP contribution is 2.40. The number of carbonyl (C=O) groups is 1. The van der Waals surface area contributed by atoms with Gasteiger partial charge in [-0.25, -0.2) is 8.42 Å². The van der Waals surface area contributed by atoms with Gasteiger partial charge in [-0.3, -0.25) is 9.10 Å². The first-order valence-electron chi connectivity index (χ1n) is 9.04. The number of benzene rings is 2. The smallest absolute Gasteiger partial charge is 0.264 e. The van der Waals surface area contributed by atoms with Crippen molar-refractivity contribution in [3.8, 4) is 5.75 Å². The summed E-state index contributed by atoms with van der Waals surface area (Å²) in [6, 6.07) is 11.9. The molecule has 0 spiro atoms. The van der Waals surface area contributed by atoms with Crippen molar-refractivity contribution >= 4 is 39.1 Å². The van der Waals surface area contributed by atoms with Gasteiger partial charge in [-0.05, 0) is 49.4 Å². The molecular weight excluding hydrogens is 396 g/mol. The fraction of sp³-hybridized carbons (Fsp3) is 0.350. The molecule has 1 unspecified atom stereocenters. The fourth-order valence-corrected chi connectivity index (χ4v) is 5.40. The van der Waals surface area contributed by atoms with Crippen LogP contribution in [0.15, 0.2) is 52.3 Å². The molecule has 0 N–H and O–H groups in total. The molecule has 1 aliphatic heterocycles. The quantitative estimate of drug-likeness (QED) is 0.737. The van der Waals surface area contributed by atoms with E-state index >= 15 is 0 Å². The molecule has 0 fully saturated rings. The number of carbonyl (C=O) groups excluding carboxylic acids is 1. The van der Waals surface area contributed by atoms with Crippen molar-refractivity contribution in [1.82, 2.24) is 0 Å². The summed E-state index contributed by atoms with van der Waals surface area (Å²) in [7, 11) is -2.25. The Kier molecular flexibility index (Phi) is 5.90. The fourth-order valence-electron chi connectivity index (χ4n) is 3.09. The molecule has 0 saturated carbocycles. The van der Waals surface area contributed by atoms with Gasteiger partial charge in [0.2, 0.25) is 5.91 Å². The average molecular weight is 421 g/mol. The van der Waals surface area contributed by atoms with Gasteiger partial charge in [0.1, 0.15) is 5.75 Å². The summed E-state index contributed by atoms with van der Waals surface area (Å²) in [6.07, 6.45) is 0. The Hall–Kier alpha value is -2.19. The number of ether oxygens (including phenoxy) is 1. The summed E-state index contributed by atoms with van der Waals surface area (Å²) in [4.78, 5) is 14.8. The Morgan fingerprint density at radius 3 is 2.54 bits per heavy atom. The van der Waals surface area contributed by atoms with Crippen LogP contribution in [0.2, 0.25) is 0 Å². The molecule has 3 rings (SSSR count). The van der Waals surface area contributed by atoms with Crippen LogP contribution in [-0.2, 0) is 14.8 Å². The van der Waals surface area contributed by atoms with E-state index in [1.165, 1.54) is 18.3 Å². The molecule has 0 bridgehead atoms. The number of anilines is 2. The van der Waals surface area contributed by atoms with Gasteiger partial charge in [0, 0.05) is 30.7 Å². The van der Waals surface area contributed by atoms with E-state index in [9.17, 15) is 13.2 Å². The van der Waals surface area contributed by atoms with E-state index in [0.717, 1.165) is 4.90 Å². The third-order valence-corrected chi connectivity index (χ3v) is 7.47. The minimum atomic E-state index is -3.77. The van der Waals surface area contributed by atoms with Gasteiger partial charge in [0.25, 0.3) is 10.0 Å². The summed E-state index contributed by atoms with van der Waals surface area (Å²) in [5.74, 6) is 0.594. The van der Waals surface area contributed by atoms with Crippen LogP contribution in [-0.4, -0.2) is 39.8 Å². The molecule has 0 saturated heterocycles. The van der Waals surface area contributed by atoms with Crippen molar-refractivity contribution in [3.05, 3.63) is 42.5 Å². The monoisotopic (exact) mass is 420 g/mol. The average Bonchev–Trinajstić information content (AvgIpc) is 2.67. The number of nitrogens with zero attached hydrogens (tertiary/aromatic N) is 2. The predicted molar refractivity (Wildman–Crippen MR) is 113 cm³/mol. The number of fused-ring (bicyclic) bond motifs is 1. The number of amides is 1. The van der Waals surface area contributed by atoms with Gasteiger partial charge in [0.05, 0.1) is 22.9 Å². The van der Waals surface area contributed by atoms with Gasteiger partial charge in [-0.2, -0.15) is 0 Å². The second-order valence-corrected chi connectivity index (χ2v) is 10.0. The Labute approximate surface area is 170 Å². The van der Waals surface area contributed by atoms with Crippen molar-refractivity contribution in [1.29, 1.82) is 0 Å². The Bertz CT molecular complexity index is 974. The lowest BCUT2D eigenvalue weighted by Gasteiger charge is -2.32. The second kappa shape index (κ2) is 8.05. The maximum atomic E-state index is 13.2. The number of thioether (sulfide) groups is 1. The third kappa shape index (κ3) is 3.98. The highest BCUT2D eigenvalue weighted by molar-refractivity contribution is 8.00. The first-order chi connectivity index (χ1) is 13.2. The first kappa shape index (κ1) is 20.5. The molecular formula is C20H24N2O4S2. The molecule has 6 nitrogen and oxygen atoms in total. The summed E-state index contributed by atoms with van der Waals surface area (Å²) in [5, 5.41) is 0.255. The molecule has 2 aromatic rings. The van der Waals surface area contributed by atoms with Crippen molar-refractivity contribution < 1.29 is 17.9 Å². The molecule has 0 aliphatic carbocycles. The SMILES string of the molecule is CCOc1ccc(N(C)S(=O)(=O)c2ccc3c(c2)N(C(C)=O)CC(C)S3)cc1. The molecule has 8 heteroatoms. The lowest BCUT2D eigenvalue weighted by molar-refractivity contribution is -0.116. The van der Waals surface area contributed by atoms with E-state index in [1.54, 1.807) is 59.1 Å². The Morgan fingerprint density at radius 1 is 1.25 bits per heavy atom. The summed E-state index contributed by atoms with van der Waals surface area (Å²) < 4.78 is 33.0. The largest absolute Gasteiger partial charge is 0.494 e. The Morgan fingerprint density at radius 2 is 1.93 bits per heavy atom. The van der Waals surface area contributed by atoms with E-state index in [1.807, 2.05) is 13.8 Å². The number of rotatable bonds is 5. The van der Waals surface area contributed by atoms with E-state index in [0.29, 0.717) is 30.3 Å². The lowest BCUT2D eigenvalue weighted by Crippen LogP contribution is -2.37. The van der Waals surface area contributed by atoms with E-state index in [-0.39, 0.29) is 16.1 Å². The molecule has 1 aliphatic rings. The molecule has 1 atom stereocenters. The minimum Gasteiger partial charge on any atom is -0.494 e. The normalized spacial score (nSPS) is 16.4. The summed E-state index contributed by atoms with van der Waals surface area (Å²) in [6.45, 7) is 6.55. The number of hydrogen-bond donors (Lipinski definition) is 0. The lowest BCUT2D eigenvalue weighted by atomic mass is 10.2. The van der Waals surface area contributed by atoms with Crippen molar-refractivity contribution in [2.24, 2.45) is 0 Å². The topological polar surface area (TPSA) is 66.9 Å². The van der Waals surface area contributed by atoms with Gasteiger partial charge in [-0.15, -0.1) is 11.8 Å². The van der Waals surface area contributed by atoms with E-state index in [4.69, 9.17) is 4.74 Å². The third-order valence-electron chi connectivity index (χ3n) is 4.54. The molecule has 2 aromatic carbocycles. The molecule has 0 radical (unpaired) electrons. The molecule has 150 valence electrons. The van der Waals surface area contributed by atoms with Crippen LogP contribution in [0.3, 0.4) is 0 Å². The van der Waals surface area contributed by atoms with Crippen LogP contribution < -0.4 is 13.9 Å². The van der Waals surface area contributed by atoms with Crippen LogP contribution in [0.1, 0.15) is 20.8 Å². The van der Waals surface area contributed by atoms with Crippen molar-refractivity contribution in [2.45, 2.75) is 35.8 Å². The van der Waals surface area contributed by atoms with Gasteiger partial charge in [0.15, 0.2) is 0 Å². The van der Waals surface area contributed by atoms with Gasteiger partial charge in [-0.1, -0.05) is 6.92 Å². The van der Waals surface area contributed by atoms with Crippen LogP contribution in [0.4, 0.5) is 11.4 Å². The van der Waals surface area contributed by atoms with E-state index < -0.39 is 10.0 Å². The Balaban J connectivity index is 1.95. The van der Waals surface area contributed by atoms with Crippen molar-refractivity contribution in [3.63, 3.8) is 0 Å². The molecule has 1 amide bonds. The highest BCUT2D eigenvalue weighted by atomic mass is 32.2. The zero-order valence-corrected chi connectivity index (χ0v) is 18.0. The standard InChI is InChI=1S/C20H24N2O4S2/c1-5-26-17-8-6-16(7-9-17)21(4)28(24,25)18-10-11-20-19(12-18)22(15(3)23)13-14(2)27-20/h6-12,14H,5,13H2,1-4H3. The van der Waals surface area contributed by atoms with Crippen LogP contribution in [0.5, 0.6) is 5.75 Å². The number of hydrogen-bond acceptors (Lipinski definition) is 5. The predicted octanol–water partition coefficient (Wildman–Crippen LogP) is 3.76. The zero-order chi connectivity index (χ0) is 20.5. The number of sulfonamides is 1. The summed E-state index contributed by atoms with van der Waals surface area (Å²) in [5.41, 5.74) is 1.18. The first-order valence-corrected chi connectivity index (χ1v) is 11.4. The minimum absolute atomic E-state index is 0.0946. The van der Waals surface area contributed by atoms with Crippen LogP contribution in [0, 0.1) is 0 Å². The van der Waals surface area contributed by atoms with Gasteiger partial charge < -0.3 is 9.64 Å². The molecule has 28 heavy (non-hydrogen) atoms.